The van der Waals surface area contributed by atoms with Gasteiger partial charge in [0.05, 0.1) is 16.8 Å². The summed E-state index contributed by atoms with van der Waals surface area (Å²) in [5.41, 5.74) is 0.297. The minimum Gasteiger partial charge on any atom is -0.408 e. The number of aromatic nitrogens is 3. The third-order valence-electron chi connectivity index (χ3n) is 4.29. The summed E-state index contributed by atoms with van der Waals surface area (Å²) < 4.78 is 66.8. The summed E-state index contributed by atoms with van der Waals surface area (Å²) in [6, 6.07) is 4.68. The molecule has 162 valence electrons. The quantitative estimate of drug-likeness (QED) is 0.530. The Morgan fingerprint density at radius 2 is 1.87 bits per heavy atom. The van der Waals surface area contributed by atoms with Crippen LogP contribution in [0.15, 0.2) is 39.8 Å². The van der Waals surface area contributed by atoms with Crippen LogP contribution in [0.5, 0.6) is 0 Å². The fourth-order valence-corrected chi connectivity index (χ4v) is 3.30. The predicted octanol–water partition coefficient (Wildman–Crippen LogP) is 2.09. The normalized spacial score (nSPS) is 12.5. The Kier molecular flexibility index (Phi) is 6.27. The number of fused-ring (bicyclic) bond motifs is 1. The summed E-state index contributed by atoms with van der Waals surface area (Å²) >= 11 is 0. The molecule has 8 nitrogen and oxygen atoms in total. The Morgan fingerprint density at radius 1 is 1.17 bits per heavy atom. The van der Waals surface area contributed by atoms with E-state index in [1.165, 1.54) is 10.6 Å². The topological polar surface area (TPSA) is 107 Å². The second-order valence-corrected chi connectivity index (χ2v) is 8.99. The van der Waals surface area contributed by atoms with Gasteiger partial charge in [-0.3, -0.25) is 4.57 Å². The first-order valence-electron chi connectivity index (χ1n) is 8.96. The first-order valence-corrected chi connectivity index (χ1v) is 11.0. The third-order valence-corrected chi connectivity index (χ3v) is 5.24. The molecule has 0 saturated heterocycles. The molecule has 3 rings (SSSR count). The highest BCUT2D eigenvalue weighted by molar-refractivity contribution is 7.90. The number of rotatable bonds is 8. The number of hydrogen-bond donors (Lipinski definition) is 1. The molecule has 0 saturated carbocycles. The van der Waals surface area contributed by atoms with Crippen molar-refractivity contribution in [2.45, 2.75) is 19.1 Å². The lowest BCUT2D eigenvalue weighted by Gasteiger charge is -2.07. The minimum atomic E-state index is -4.52. The lowest BCUT2D eigenvalue weighted by Crippen LogP contribution is -2.25. The van der Waals surface area contributed by atoms with E-state index in [9.17, 15) is 26.4 Å². The number of hydrogen-bond acceptors (Lipinski definition) is 7. The van der Waals surface area contributed by atoms with E-state index in [0.29, 0.717) is 55.1 Å². The highest BCUT2D eigenvalue weighted by atomic mass is 32.2. The summed E-state index contributed by atoms with van der Waals surface area (Å²) in [5, 5.41) is 2.99. The van der Waals surface area contributed by atoms with Gasteiger partial charge in [0.25, 0.3) is 0 Å². The highest BCUT2D eigenvalue weighted by Gasteiger charge is 2.31. The lowest BCUT2D eigenvalue weighted by atomic mass is 10.2. The molecule has 2 aromatic heterocycles. The van der Waals surface area contributed by atoms with Crippen molar-refractivity contribution in [3.63, 3.8) is 0 Å². The number of oxazole rings is 1. The molecule has 0 amide bonds. The van der Waals surface area contributed by atoms with Crippen molar-refractivity contribution in [2.75, 3.05) is 25.1 Å². The van der Waals surface area contributed by atoms with Gasteiger partial charge >= 0.3 is 11.9 Å². The maximum absolute atomic E-state index is 12.7. The number of nitrogens with zero attached hydrogens (tertiary/aromatic N) is 3. The zero-order valence-corrected chi connectivity index (χ0v) is 16.8. The second kappa shape index (κ2) is 8.56. The van der Waals surface area contributed by atoms with Gasteiger partial charge in [-0.2, -0.15) is 13.2 Å². The first-order chi connectivity index (χ1) is 14.0. The van der Waals surface area contributed by atoms with Crippen LogP contribution < -0.4 is 11.1 Å². The number of nitrogens with one attached hydrogen (secondary N) is 1. The van der Waals surface area contributed by atoms with Crippen molar-refractivity contribution >= 4 is 20.9 Å². The van der Waals surface area contributed by atoms with E-state index < -0.39 is 27.3 Å². The molecular weight excluding hydrogens is 425 g/mol. The summed E-state index contributed by atoms with van der Waals surface area (Å²) in [7, 11) is -3.04. The SMILES string of the molecule is CS(=O)(=O)CCNCCCn1c(=O)oc2ccc(-c3ncc(C(F)(F)F)cn3)cc21. The van der Waals surface area contributed by atoms with E-state index in [2.05, 4.69) is 15.3 Å². The number of aryl methyl sites for hydroxylation is 1. The van der Waals surface area contributed by atoms with Crippen molar-refractivity contribution in [1.82, 2.24) is 19.9 Å². The molecule has 0 fully saturated rings. The number of benzene rings is 1. The van der Waals surface area contributed by atoms with Crippen molar-refractivity contribution < 1.29 is 26.0 Å². The van der Waals surface area contributed by atoms with Gasteiger partial charge in [-0.15, -0.1) is 0 Å². The zero-order chi connectivity index (χ0) is 21.9. The molecule has 0 spiro atoms. The van der Waals surface area contributed by atoms with Crippen LogP contribution in [-0.2, 0) is 22.6 Å². The average molecular weight is 444 g/mol. The van der Waals surface area contributed by atoms with Crippen molar-refractivity contribution in [1.29, 1.82) is 0 Å². The Hall–Kier alpha value is -2.73. The van der Waals surface area contributed by atoms with Crippen LogP contribution >= 0.6 is 0 Å². The minimum absolute atomic E-state index is 0.0259. The Morgan fingerprint density at radius 3 is 2.50 bits per heavy atom. The molecule has 3 aromatic rings. The van der Waals surface area contributed by atoms with Gasteiger partial charge in [-0.25, -0.2) is 23.2 Å². The Bertz CT molecular complexity index is 1180. The van der Waals surface area contributed by atoms with Gasteiger partial charge in [-0.1, -0.05) is 0 Å². The summed E-state index contributed by atoms with van der Waals surface area (Å²) in [6.45, 7) is 1.13. The smallest absolute Gasteiger partial charge is 0.408 e. The van der Waals surface area contributed by atoms with Crippen molar-refractivity contribution in [3.05, 3.63) is 46.7 Å². The molecule has 0 bridgehead atoms. The molecule has 1 N–H and O–H groups in total. The molecule has 2 heterocycles. The van der Waals surface area contributed by atoms with Crippen molar-refractivity contribution in [3.8, 4) is 11.4 Å². The van der Waals surface area contributed by atoms with Crippen LogP contribution in [0.3, 0.4) is 0 Å². The fourth-order valence-electron chi connectivity index (χ4n) is 2.78. The first kappa shape index (κ1) is 22.0. The fraction of sp³-hybridized carbons (Fsp3) is 0.389. The Labute approximate surface area is 169 Å². The maximum atomic E-state index is 12.7. The van der Waals surface area contributed by atoms with Crippen LogP contribution in [0.2, 0.25) is 0 Å². The molecule has 1 aromatic carbocycles. The third kappa shape index (κ3) is 5.45. The molecule has 0 aliphatic carbocycles. The molecule has 0 aliphatic rings. The van der Waals surface area contributed by atoms with E-state index in [0.717, 1.165) is 6.26 Å². The molecule has 12 heteroatoms. The van der Waals surface area contributed by atoms with Crippen molar-refractivity contribution in [2.24, 2.45) is 0 Å². The number of alkyl halides is 3. The predicted molar refractivity (Wildman–Crippen MR) is 104 cm³/mol. The number of sulfone groups is 1. The van der Waals surface area contributed by atoms with Gasteiger partial charge in [0.15, 0.2) is 11.4 Å². The molecular formula is C18H19F3N4O4S. The van der Waals surface area contributed by atoms with Gasteiger partial charge in [0.2, 0.25) is 0 Å². The molecule has 0 radical (unpaired) electrons. The highest BCUT2D eigenvalue weighted by Crippen LogP contribution is 2.29. The molecule has 0 unspecified atom stereocenters. The zero-order valence-electron chi connectivity index (χ0n) is 15.9. The van der Waals surface area contributed by atoms with Crippen LogP contribution in [0.25, 0.3) is 22.5 Å². The van der Waals surface area contributed by atoms with E-state index >= 15 is 0 Å². The van der Waals surface area contributed by atoms with E-state index in [1.807, 2.05) is 0 Å². The maximum Gasteiger partial charge on any atom is 0.419 e. The molecule has 0 atom stereocenters. The summed E-state index contributed by atoms with van der Waals surface area (Å²) in [5.74, 6) is -0.447. The molecule has 0 aliphatic heterocycles. The van der Waals surface area contributed by atoms with Gasteiger partial charge in [-0.05, 0) is 31.2 Å². The van der Waals surface area contributed by atoms with Crippen LogP contribution in [-0.4, -0.2) is 48.1 Å². The molecule has 30 heavy (non-hydrogen) atoms. The van der Waals surface area contributed by atoms with Gasteiger partial charge in [0.1, 0.15) is 9.84 Å². The monoisotopic (exact) mass is 444 g/mol. The van der Waals surface area contributed by atoms with Crippen LogP contribution in [0, 0.1) is 0 Å². The van der Waals surface area contributed by atoms with E-state index in [-0.39, 0.29) is 11.6 Å². The number of halogens is 3. The Balaban J connectivity index is 1.74. The summed E-state index contributed by atoms with van der Waals surface area (Å²) in [4.78, 5) is 19.7. The largest absolute Gasteiger partial charge is 0.419 e. The van der Waals surface area contributed by atoms with Gasteiger partial charge < -0.3 is 9.73 Å². The average Bonchev–Trinajstić information content (AvgIpc) is 2.97. The standard InChI is InChI=1S/C18H19F3N4O4S/c1-30(27,28)8-6-22-5-2-7-25-14-9-12(3-4-15(14)29-17(25)26)16-23-10-13(11-24-16)18(19,20)21/h3-4,9-11,22H,2,5-8H2,1H3. The second-order valence-electron chi connectivity index (χ2n) is 6.73. The summed E-state index contributed by atoms with van der Waals surface area (Å²) in [6.07, 6.45) is -1.42. The van der Waals surface area contributed by atoms with Crippen LogP contribution in [0.4, 0.5) is 13.2 Å². The lowest BCUT2D eigenvalue weighted by molar-refractivity contribution is -0.138. The van der Waals surface area contributed by atoms with Crippen LogP contribution in [0.1, 0.15) is 12.0 Å². The van der Waals surface area contributed by atoms with E-state index in [1.54, 1.807) is 12.1 Å². The van der Waals surface area contributed by atoms with Gasteiger partial charge in [0, 0.05) is 37.3 Å². The van der Waals surface area contributed by atoms with E-state index in [4.69, 9.17) is 4.42 Å².